The van der Waals surface area contributed by atoms with Crippen LogP contribution in [0.15, 0.2) is 24.3 Å². The number of nitro benzene ring substituents is 1. The van der Waals surface area contributed by atoms with Crippen LogP contribution in [0.25, 0.3) is 0 Å². The van der Waals surface area contributed by atoms with E-state index in [2.05, 4.69) is 0 Å². The average Bonchev–Trinajstić information content (AvgIpc) is 2.45. The van der Waals surface area contributed by atoms with Crippen LogP contribution < -0.4 is 0 Å². The number of nitro groups is 1. The zero-order valence-electron chi connectivity index (χ0n) is 11.4. The van der Waals surface area contributed by atoms with Crippen LogP contribution in [-0.4, -0.2) is 63.5 Å². The fourth-order valence-electron chi connectivity index (χ4n) is 2.03. The molecule has 0 aliphatic carbocycles. The molecule has 0 radical (unpaired) electrons. The highest BCUT2D eigenvalue weighted by molar-refractivity contribution is 5.74. The minimum atomic E-state index is -1.07. The van der Waals surface area contributed by atoms with E-state index in [1.165, 1.54) is 29.2 Å². The third kappa shape index (κ3) is 5.10. The van der Waals surface area contributed by atoms with Crippen molar-refractivity contribution in [2.24, 2.45) is 0 Å². The van der Waals surface area contributed by atoms with Gasteiger partial charge in [0.2, 0.25) is 0 Å². The quantitative estimate of drug-likeness (QED) is 0.428. The average molecular weight is 298 g/mol. The molecule has 8 heteroatoms. The molecule has 0 saturated carbocycles. The van der Waals surface area contributed by atoms with Crippen LogP contribution in [0.5, 0.6) is 0 Å². The Morgan fingerprint density at radius 3 is 2.10 bits per heavy atom. The van der Waals surface area contributed by atoms with Gasteiger partial charge in [0.15, 0.2) is 0 Å². The summed E-state index contributed by atoms with van der Waals surface area (Å²) >= 11 is 0. The normalized spacial score (nSPS) is 12.3. The Balaban J connectivity index is 2.86. The van der Waals surface area contributed by atoms with Crippen molar-refractivity contribution in [2.45, 2.75) is 12.5 Å². The lowest BCUT2D eigenvalue weighted by Crippen LogP contribution is -2.45. The van der Waals surface area contributed by atoms with Crippen LogP contribution in [0.3, 0.4) is 0 Å². The van der Waals surface area contributed by atoms with E-state index in [-0.39, 0.29) is 38.4 Å². The van der Waals surface area contributed by atoms with E-state index in [0.717, 1.165) is 0 Å². The van der Waals surface area contributed by atoms with E-state index in [4.69, 9.17) is 10.2 Å². The van der Waals surface area contributed by atoms with Crippen LogP contribution in [0.4, 0.5) is 5.69 Å². The molecule has 0 saturated heterocycles. The third-order valence-electron chi connectivity index (χ3n) is 3.08. The van der Waals surface area contributed by atoms with Gasteiger partial charge in [-0.2, -0.15) is 0 Å². The van der Waals surface area contributed by atoms with E-state index in [9.17, 15) is 20.0 Å². The molecule has 1 aromatic carbocycles. The Hall–Kier alpha value is -2.03. The Labute approximate surface area is 121 Å². The summed E-state index contributed by atoms with van der Waals surface area (Å²) in [6.45, 7) is -0.177. The minimum Gasteiger partial charge on any atom is -0.480 e. The van der Waals surface area contributed by atoms with Gasteiger partial charge in [-0.15, -0.1) is 0 Å². The lowest BCUT2D eigenvalue weighted by atomic mass is 10.0. The number of hydrogen-bond donors (Lipinski definition) is 3. The number of carboxylic acids is 1. The van der Waals surface area contributed by atoms with Crippen molar-refractivity contribution in [2.75, 3.05) is 26.3 Å². The number of nitrogens with zero attached hydrogens (tertiary/aromatic N) is 2. The lowest BCUT2D eigenvalue weighted by molar-refractivity contribution is -0.384. The van der Waals surface area contributed by atoms with Gasteiger partial charge in [0.05, 0.1) is 18.1 Å². The second kappa shape index (κ2) is 8.30. The minimum absolute atomic E-state index is 0.0619. The summed E-state index contributed by atoms with van der Waals surface area (Å²) in [6.07, 6.45) is 0.132. The molecule has 3 N–H and O–H groups in total. The van der Waals surface area contributed by atoms with Crippen LogP contribution in [0.2, 0.25) is 0 Å². The number of hydrogen-bond acceptors (Lipinski definition) is 6. The third-order valence-corrected chi connectivity index (χ3v) is 3.08. The summed E-state index contributed by atoms with van der Waals surface area (Å²) in [5.74, 6) is -1.07. The Morgan fingerprint density at radius 1 is 1.19 bits per heavy atom. The number of non-ortho nitro benzene ring substituents is 1. The monoisotopic (exact) mass is 298 g/mol. The van der Waals surface area contributed by atoms with Gasteiger partial charge in [0, 0.05) is 25.2 Å². The molecule has 0 fully saturated rings. The second-order valence-electron chi connectivity index (χ2n) is 4.46. The van der Waals surface area contributed by atoms with Crippen molar-refractivity contribution in [3.05, 3.63) is 39.9 Å². The number of aliphatic carboxylic acids is 1. The van der Waals surface area contributed by atoms with Crippen LogP contribution in [-0.2, 0) is 11.2 Å². The Morgan fingerprint density at radius 2 is 1.71 bits per heavy atom. The Kier molecular flexibility index (Phi) is 6.73. The maximum absolute atomic E-state index is 11.4. The fraction of sp³-hybridized carbons (Fsp3) is 0.462. The van der Waals surface area contributed by atoms with Crippen molar-refractivity contribution in [1.82, 2.24) is 4.90 Å². The highest BCUT2D eigenvalue weighted by atomic mass is 16.6. The predicted molar refractivity (Wildman–Crippen MR) is 74.0 cm³/mol. The highest BCUT2D eigenvalue weighted by Gasteiger charge is 2.25. The molecule has 0 heterocycles. The maximum atomic E-state index is 11.4. The summed E-state index contributed by atoms with van der Waals surface area (Å²) in [6, 6.07) is 4.73. The zero-order valence-corrected chi connectivity index (χ0v) is 11.4. The molecule has 0 bridgehead atoms. The molecule has 0 aromatic heterocycles. The van der Waals surface area contributed by atoms with Gasteiger partial charge in [-0.05, 0) is 12.0 Å². The van der Waals surface area contributed by atoms with Gasteiger partial charge in [-0.1, -0.05) is 12.1 Å². The van der Waals surface area contributed by atoms with E-state index >= 15 is 0 Å². The molecule has 0 amide bonds. The molecule has 1 aromatic rings. The maximum Gasteiger partial charge on any atom is 0.321 e. The van der Waals surface area contributed by atoms with Crippen molar-refractivity contribution >= 4 is 11.7 Å². The lowest BCUT2D eigenvalue weighted by Gasteiger charge is -2.27. The molecule has 1 rings (SSSR count). The summed E-state index contributed by atoms with van der Waals surface area (Å²) < 4.78 is 0. The van der Waals surface area contributed by atoms with Crippen LogP contribution in [0.1, 0.15) is 5.56 Å². The molecule has 116 valence electrons. The first kappa shape index (κ1) is 17.0. The molecule has 0 spiro atoms. The number of aliphatic hydroxyl groups is 2. The van der Waals surface area contributed by atoms with Gasteiger partial charge in [0.1, 0.15) is 6.04 Å². The van der Waals surface area contributed by atoms with E-state index in [0.29, 0.717) is 5.56 Å². The summed E-state index contributed by atoms with van der Waals surface area (Å²) in [7, 11) is 0. The molecular formula is C13H18N2O6. The topological polar surface area (TPSA) is 124 Å². The first-order chi connectivity index (χ1) is 9.99. The highest BCUT2D eigenvalue weighted by Crippen LogP contribution is 2.15. The predicted octanol–water partition coefficient (Wildman–Crippen LogP) is -0.123. The van der Waals surface area contributed by atoms with Crippen molar-refractivity contribution in [3.8, 4) is 0 Å². The SMILES string of the molecule is O=C(O)[C@H](Cc1ccc([N+](=O)[O-])cc1)N(CCO)CCO. The number of carbonyl (C=O) groups is 1. The number of rotatable bonds is 9. The second-order valence-corrected chi connectivity index (χ2v) is 4.46. The molecule has 0 unspecified atom stereocenters. The standard InChI is InChI=1S/C13H18N2O6/c16-7-5-14(6-8-17)12(13(18)19)9-10-1-3-11(4-2-10)15(20)21/h1-4,12,16-17H,5-9H2,(H,18,19)/t12-/m0/s1. The van der Waals surface area contributed by atoms with Gasteiger partial charge in [-0.25, -0.2) is 0 Å². The van der Waals surface area contributed by atoms with Crippen molar-refractivity contribution < 1.29 is 25.0 Å². The first-order valence-corrected chi connectivity index (χ1v) is 6.41. The van der Waals surface area contributed by atoms with Gasteiger partial charge < -0.3 is 15.3 Å². The summed E-state index contributed by atoms with van der Waals surface area (Å²) in [5, 5.41) is 37.8. The zero-order chi connectivity index (χ0) is 15.8. The molecular weight excluding hydrogens is 280 g/mol. The van der Waals surface area contributed by atoms with E-state index in [1.807, 2.05) is 0 Å². The fourth-order valence-corrected chi connectivity index (χ4v) is 2.03. The summed E-state index contributed by atoms with van der Waals surface area (Å²) in [4.78, 5) is 22.9. The number of carboxylic acid groups (broad SMARTS) is 1. The molecule has 0 aliphatic rings. The molecule has 0 aliphatic heterocycles. The molecule has 21 heavy (non-hydrogen) atoms. The summed E-state index contributed by atoms with van der Waals surface area (Å²) in [5.41, 5.74) is 0.571. The Bertz CT molecular complexity index is 470. The first-order valence-electron chi connectivity index (χ1n) is 6.41. The number of benzene rings is 1. The van der Waals surface area contributed by atoms with E-state index in [1.54, 1.807) is 0 Å². The van der Waals surface area contributed by atoms with Crippen LogP contribution >= 0.6 is 0 Å². The largest absolute Gasteiger partial charge is 0.480 e. The van der Waals surface area contributed by atoms with Crippen molar-refractivity contribution in [1.29, 1.82) is 0 Å². The van der Waals surface area contributed by atoms with Crippen LogP contribution in [0, 0.1) is 10.1 Å². The van der Waals surface area contributed by atoms with E-state index < -0.39 is 16.9 Å². The van der Waals surface area contributed by atoms with Gasteiger partial charge in [0.25, 0.3) is 5.69 Å². The van der Waals surface area contributed by atoms with Gasteiger partial charge in [-0.3, -0.25) is 19.8 Å². The smallest absolute Gasteiger partial charge is 0.321 e. The molecule has 8 nitrogen and oxygen atoms in total. The van der Waals surface area contributed by atoms with Gasteiger partial charge >= 0.3 is 5.97 Å². The molecule has 1 atom stereocenters. The van der Waals surface area contributed by atoms with Crippen molar-refractivity contribution in [3.63, 3.8) is 0 Å². The number of aliphatic hydroxyl groups excluding tert-OH is 2.